The summed E-state index contributed by atoms with van der Waals surface area (Å²) in [6, 6.07) is 0. The Bertz CT molecular complexity index is 261. The molecule has 0 aromatic carbocycles. The quantitative estimate of drug-likeness (QED) is 0.705. The Balaban J connectivity index is 2.31. The standard InChI is InChI=1S/C10H20NO2S/c1-3-10-5-4-6-11(9-10)7-8-14(2,12)13/h10H,1,3-9H2,2H3. The summed E-state index contributed by atoms with van der Waals surface area (Å²) in [4.78, 5) is 2.25. The van der Waals surface area contributed by atoms with Crippen molar-refractivity contribution in [2.75, 3.05) is 31.6 Å². The second-order valence-corrected chi connectivity index (χ2v) is 6.49. The summed E-state index contributed by atoms with van der Waals surface area (Å²) in [5, 5.41) is 0. The minimum Gasteiger partial charge on any atom is -0.302 e. The van der Waals surface area contributed by atoms with Crippen LogP contribution in [-0.2, 0) is 9.84 Å². The lowest BCUT2D eigenvalue weighted by Crippen LogP contribution is -2.38. The van der Waals surface area contributed by atoms with E-state index in [1.165, 1.54) is 19.1 Å². The fourth-order valence-electron chi connectivity index (χ4n) is 1.88. The zero-order chi connectivity index (χ0) is 10.6. The van der Waals surface area contributed by atoms with E-state index in [2.05, 4.69) is 11.8 Å². The highest BCUT2D eigenvalue weighted by Crippen LogP contribution is 2.18. The molecule has 0 N–H and O–H groups in total. The Morgan fingerprint density at radius 1 is 1.50 bits per heavy atom. The predicted molar refractivity (Wildman–Crippen MR) is 58.8 cm³/mol. The van der Waals surface area contributed by atoms with Crippen LogP contribution in [0.2, 0.25) is 0 Å². The van der Waals surface area contributed by atoms with Crippen molar-refractivity contribution in [3.05, 3.63) is 6.92 Å². The van der Waals surface area contributed by atoms with Crippen LogP contribution in [0, 0.1) is 12.8 Å². The molecule has 0 aromatic heterocycles. The van der Waals surface area contributed by atoms with E-state index in [-0.39, 0.29) is 5.75 Å². The van der Waals surface area contributed by atoms with Gasteiger partial charge < -0.3 is 4.90 Å². The first-order valence-electron chi connectivity index (χ1n) is 5.20. The van der Waals surface area contributed by atoms with Crippen LogP contribution in [0.5, 0.6) is 0 Å². The third-order valence-corrected chi connectivity index (χ3v) is 3.71. The molecule has 3 nitrogen and oxygen atoms in total. The van der Waals surface area contributed by atoms with Gasteiger partial charge in [-0.2, -0.15) is 0 Å². The molecule has 1 aliphatic rings. The molecule has 1 rings (SSSR count). The van der Waals surface area contributed by atoms with E-state index in [4.69, 9.17) is 0 Å². The molecule has 1 fully saturated rings. The molecule has 0 bridgehead atoms. The summed E-state index contributed by atoms with van der Waals surface area (Å²) in [5.74, 6) is 0.958. The van der Waals surface area contributed by atoms with Crippen molar-refractivity contribution in [1.29, 1.82) is 0 Å². The first-order chi connectivity index (χ1) is 6.51. The lowest BCUT2D eigenvalue weighted by molar-refractivity contribution is 0.184. The summed E-state index contributed by atoms with van der Waals surface area (Å²) < 4.78 is 22.0. The Morgan fingerprint density at radius 3 is 2.79 bits per heavy atom. The van der Waals surface area contributed by atoms with Crippen molar-refractivity contribution in [2.24, 2.45) is 5.92 Å². The van der Waals surface area contributed by atoms with Crippen molar-refractivity contribution in [3.8, 4) is 0 Å². The van der Waals surface area contributed by atoms with Gasteiger partial charge in [-0.25, -0.2) is 8.42 Å². The summed E-state index contributed by atoms with van der Waals surface area (Å²) in [6.07, 6.45) is 4.70. The molecule has 0 saturated carbocycles. The van der Waals surface area contributed by atoms with E-state index < -0.39 is 9.84 Å². The summed E-state index contributed by atoms with van der Waals surface area (Å²) in [5.41, 5.74) is 0. The Morgan fingerprint density at radius 2 is 2.21 bits per heavy atom. The Kier molecular flexibility index (Phi) is 4.38. The molecular weight excluding hydrogens is 198 g/mol. The van der Waals surface area contributed by atoms with Crippen LogP contribution in [-0.4, -0.2) is 45.0 Å². The number of piperidine rings is 1. The average molecular weight is 218 g/mol. The van der Waals surface area contributed by atoms with Crippen LogP contribution in [0.4, 0.5) is 0 Å². The van der Waals surface area contributed by atoms with Gasteiger partial charge in [-0.3, -0.25) is 0 Å². The largest absolute Gasteiger partial charge is 0.302 e. The minimum atomic E-state index is -2.80. The smallest absolute Gasteiger partial charge is 0.148 e. The molecule has 83 valence electrons. The molecule has 14 heavy (non-hydrogen) atoms. The van der Waals surface area contributed by atoms with Gasteiger partial charge in [-0.15, -0.1) is 0 Å². The third kappa shape index (κ3) is 4.42. The van der Waals surface area contributed by atoms with Gasteiger partial charge in [-0.1, -0.05) is 6.92 Å². The molecule has 1 heterocycles. The van der Waals surface area contributed by atoms with E-state index in [0.29, 0.717) is 12.5 Å². The monoisotopic (exact) mass is 218 g/mol. The fraction of sp³-hybridized carbons (Fsp3) is 0.900. The van der Waals surface area contributed by atoms with Gasteiger partial charge in [-0.05, 0) is 31.7 Å². The van der Waals surface area contributed by atoms with Crippen molar-refractivity contribution in [1.82, 2.24) is 4.90 Å². The third-order valence-electron chi connectivity index (χ3n) is 2.79. The number of sulfone groups is 1. The van der Waals surface area contributed by atoms with Crippen molar-refractivity contribution >= 4 is 9.84 Å². The van der Waals surface area contributed by atoms with Crippen molar-refractivity contribution < 1.29 is 8.42 Å². The summed E-state index contributed by atoms with van der Waals surface area (Å²) >= 11 is 0. The van der Waals surface area contributed by atoms with Gasteiger partial charge in [0.25, 0.3) is 0 Å². The van der Waals surface area contributed by atoms with Gasteiger partial charge in [0.05, 0.1) is 5.75 Å². The number of nitrogens with zero attached hydrogens (tertiary/aromatic N) is 1. The lowest BCUT2D eigenvalue weighted by atomic mass is 9.96. The van der Waals surface area contributed by atoms with Crippen molar-refractivity contribution in [3.63, 3.8) is 0 Å². The second-order valence-electron chi connectivity index (χ2n) is 4.23. The molecule has 1 saturated heterocycles. The van der Waals surface area contributed by atoms with Crippen LogP contribution < -0.4 is 0 Å². The predicted octanol–water partition coefficient (Wildman–Crippen LogP) is 0.967. The highest BCUT2D eigenvalue weighted by molar-refractivity contribution is 7.90. The van der Waals surface area contributed by atoms with Crippen LogP contribution >= 0.6 is 0 Å². The van der Waals surface area contributed by atoms with Gasteiger partial charge in [0, 0.05) is 19.3 Å². The normalized spacial score (nSPS) is 25.1. The molecule has 1 unspecified atom stereocenters. The minimum absolute atomic E-state index is 0.289. The SMILES string of the molecule is [CH2]CC1CCCN(CCS(C)(=O)=O)C1. The lowest BCUT2D eigenvalue weighted by Gasteiger charge is -2.31. The van der Waals surface area contributed by atoms with E-state index >= 15 is 0 Å². The maximum Gasteiger partial charge on any atom is 0.148 e. The number of hydrogen-bond acceptors (Lipinski definition) is 3. The number of likely N-dealkylation sites (tertiary alicyclic amines) is 1. The topological polar surface area (TPSA) is 37.4 Å². The Hall–Kier alpha value is -0.0900. The highest BCUT2D eigenvalue weighted by atomic mass is 32.2. The first-order valence-corrected chi connectivity index (χ1v) is 7.26. The first kappa shape index (κ1) is 12.0. The van der Waals surface area contributed by atoms with E-state index in [9.17, 15) is 8.42 Å². The van der Waals surface area contributed by atoms with Crippen LogP contribution in [0.1, 0.15) is 19.3 Å². The number of hydrogen-bond donors (Lipinski definition) is 0. The van der Waals surface area contributed by atoms with Crippen LogP contribution in [0.3, 0.4) is 0 Å². The van der Waals surface area contributed by atoms with Gasteiger partial charge in [0.2, 0.25) is 0 Å². The molecule has 0 spiro atoms. The van der Waals surface area contributed by atoms with Gasteiger partial charge >= 0.3 is 0 Å². The zero-order valence-electron chi connectivity index (χ0n) is 8.91. The van der Waals surface area contributed by atoms with E-state index in [0.717, 1.165) is 19.5 Å². The highest BCUT2D eigenvalue weighted by Gasteiger charge is 2.18. The van der Waals surface area contributed by atoms with E-state index in [1.807, 2.05) is 0 Å². The van der Waals surface area contributed by atoms with Crippen molar-refractivity contribution in [2.45, 2.75) is 19.3 Å². The average Bonchev–Trinajstić information content (AvgIpc) is 2.14. The summed E-state index contributed by atoms with van der Waals surface area (Å²) in [7, 11) is -2.80. The number of rotatable bonds is 4. The molecular formula is C10H20NO2S. The van der Waals surface area contributed by atoms with Gasteiger partial charge in [0.15, 0.2) is 0 Å². The maximum absolute atomic E-state index is 11.0. The molecule has 1 radical (unpaired) electrons. The van der Waals surface area contributed by atoms with E-state index in [1.54, 1.807) is 0 Å². The zero-order valence-corrected chi connectivity index (χ0v) is 9.72. The van der Waals surface area contributed by atoms with Gasteiger partial charge in [0.1, 0.15) is 9.84 Å². The maximum atomic E-state index is 11.0. The van der Waals surface area contributed by atoms with Crippen LogP contribution in [0.15, 0.2) is 0 Å². The molecule has 1 aliphatic heterocycles. The molecule has 1 atom stereocenters. The second kappa shape index (κ2) is 5.12. The molecule has 0 aromatic rings. The molecule has 4 heteroatoms. The Labute approximate surface area is 87.4 Å². The molecule has 0 amide bonds. The fourth-order valence-corrected chi connectivity index (χ4v) is 2.47. The van der Waals surface area contributed by atoms with Crippen LogP contribution in [0.25, 0.3) is 0 Å². The summed E-state index contributed by atoms with van der Waals surface area (Å²) in [6.45, 7) is 6.67. The molecule has 0 aliphatic carbocycles.